The summed E-state index contributed by atoms with van der Waals surface area (Å²) >= 11 is 1.11. The van der Waals surface area contributed by atoms with Gasteiger partial charge in [-0.2, -0.15) is 0 Å². The molecule has 0 bridgehead atoms. The molecule has 0 atom stereocenters. The molecule has 0 aliphatic heterocycles. The third kappa shape index (κ3) is 3.41. The molecule has 0 saturated carbocycles. The molecule has 1 amide bonds. The minimum Gasteiger partial charge on any atom is -0.493 e. The molecule has 124 valence electrons. The summed E-state index contributed by atoms with van der Waals surface area (Å²) in [5, 5.41) is 2.84. The minimum atomic E-state index is -0.149. The first-order valence-corrected chi connectivity index (χ1v) is 8.04. The lowest BCUT2D eigenvalue weighted by Crippen LogP contribution is -2.14. The van der Waals surface area contributed by atoms with Crippen LogP contribution in [-0.2, 0) is 11.2 Å². The zero-order chi connectivity index (χ0) is 17.1. The van der Waals surface area contributed by atoms with Crippen LogP contribution in [0.5, 0.6) is 11.5 Å². The van der Waals surface area contributed by atoms with Crippen molar-refractivity contribution in [2.45, 2.75) is 6.42 Å². The Labute approximate surface area is 142 Å². The highest BCUT2D eigenvalue weighted by Crippen LogP contribution is 2.28. The summed E-state index contributed by atoms with van der Waals surface area (Å²) in [6, 6.07) is 10.7. The van der Waals surface area contributed by atoms with E-state index in [1.807, 2.05) is 6.07 Å². The first-order chi connectivity index (χ1) is 11.6. The Balaban J connectivity index is 1.73. The van der Waals surface area contributed by atoms with Crippen molar-refractivity contribution in [2.75, 3.05) is 19.5 Å². The second kappa shape index (κ2) is 6.76. The molecule has 3 aromatic rings. The fourth-order valence-electron chi connectivity index (χ4n) is 2.40. The Morgan fingerprint density at radius 3 is 2.67 bits per heavy atom. The van der Waals surface area contributed by atoms with Gasteiger partial charge >= 0.3 is 4.87 Å². The van der Waals surface area contributed by atoms with Gasteiger partial charge in [0.15, 0.2) is 11.5 Å². The third-order valence-electron chi connectivity index (χ3n) is 3.52. The number of amides is 1. The lowest BCUT2D eigenvalue weighted by Gasteiger charge is -2.10. The predicted octanol–water partition coefficient (Wildman–Crippen LogP) is 2.79. The van der Waals surface area contributed by atoms with Gasteiger partial charge in [-0.1, -0.05) is 17.4 Å². The number of ether oxygens (including phenoxy) is 2. The number of carbonyl (C=O) groups excluding carboxylic acids is 1. The fourth-order valence-corrected chi connectivity index (χ4v) is 3.18. The van der Waals surface area contributed by atoms with Crippen molar-refractivity contribution < 1.29 is 14.3 Å². The van der Waals surface area contributed by atoms with Gasteiger partial charge in [0.25, 0.3) is 0 Å². The van der Waals surface area contributed by atoms with Crippen LogP contribution < -0.4 is 19.7 Å². The predicted molar refractivity (Wildman–Crippen MR) is 94.3 cm³/mol. The number of thiazole rings is 1. The molecule has 0 aliphatic carbocycles. The quantitative estimate of drug-likeness (QED) is 0.746. The molecule has 0 unspecified atom stereocenters. The number of aromatic nitrogens is 1. The summed E-state index contributed by atoms with van der Waals surface area (Å²) in [5.74, 6) is 1.06. The topological polar surface area (TPSA) is 80.4 Å². The number of H-pyrrole nitrogens is 1. The SMILES string of the molecule is COc1ccc(CC(=O)Nc2ccc3[nH]c(=O)sc3c2)cc1OC. The van der Waals surface area contributed by atoms with Crippen LogP contribution in [0.3, 0.4) is 0 Å². The second-order valence-electron chi connectivity index (χ2n) is 5.14. The maximum Gasteiger partial charge on any atom is 0.305 e. The normalized spacial score (nSPS) is 10.6. The Kier molecular flexibility index (Phi) is 4.52. The average Bonchev–Trinajstić information content (AvgIpc) is 2.93. The van der Waals surface area contributed by atoms with E-state index < -0.39 is 0 Å². The summed E-state index contributed by atoms with van der Waals surface area (Å²) in [5.41, 5.74) is 2.24. The Morgan fingerprint density at radius 2 is 1.92 bits per heavy atom. The summed E-state index contributed by atoms with van der Waals surface area (Å²) in [6.07, 6.45) is 0.210. The van der Waals surface area contributed by atoms with E-state index in [-0.39, 0.29) is 17.2 Å². The van der Waals surface area contributed by atoms with Gasteiger partial charge in [0, 0.05) is 5.69 Å². The van der Waals surface area contributed by atoms with Crippen LogP contribution in [0.1, 0.15) is 5.56 Å². The van der Waals surface area contributed by atoms with Gasteiger partial charge in [-0.3, -0.25) is 9.59 Å². The summed E-state index contributed by atoms with van der Waals surface area (Å²) < 4.78 is 11.2. The van der Waals surface area contributed by atoms with E-state index in [0.29, 0.717) is 17.2 Å². The number of hydrogen-bond donors (Lipinski definition) is 2. The largest absolute Gasteiger partial charge is 0.493 e. The summed E-state index contributed by atoms with van der Waals surface area (Å²) in [4.78, 5) is 26.2. The number of hydrogen-bond acceptors (Lipinski definition) is 5. The van der Waals surface area contributed by atoms with E-state index >= 15 is 0 Å². The lowest BCUT2D eigenvalue weighted by atomic mass is 10.1. The molecular weight excluding hydrogens is 328 g/mol. The summed E-state index contributed by atoms with van der Waals surface area (Å²) in [6.45, 7) is 0. The molecule has 0 spiro atoms. The third-order valence-corrected chi connectivity index (χ3v) is 4.36. The fraction of sp³-hybridized carbons (Fsp3) is 0.176. The maximum atomic E-state index is 12.2. The van der Waals surface area contributed by atoms with E-state index in [0.717, 1.165) is 27.1 Å². The Hall–Kier alpha value is -2.80. The molecule has 1 aromatic heterocycles. The van der Waals surface area contributed by atoms with Crippen LogP contribution in [0.25, 0.3) is 10.2 Å². The van der Waals surface area contributed by atoms with Gasteiger partial charge in [-0.05, 0) is 35.9 Å². The molecule has 2 aromatic carbocycles. The average molecular weight is 344 g/mol. The van der Waals surface area contributed by atoms with Crippen molar-refractivity contribution in [1.29, 1.82) is 0 Å². The number of nitrogens with one attached hydrogen (secondary N) is 2. The minimum absolute atomic E-state index is 0.112. The smallest absolute Gasteiger partial charge is 0.305 e. The zero-order valence-corrected chi connectivity index (χ0v) is 14.0. The van der Waals surface area contributed by atoms with Crippen LogP contribution in [0.2, 0.25) is 0 Å². The Morgan fingerprint density at radius 1 is 1.12 bits per heavy atom. The van der Waals surface area contributed by atoms with E-state index in [9.17, 15) is 9.59 Å². The molecule has 0 fully saturated rings. The highest BCUT2D eigenvalue weighted by molar-refractivity contribution is 7.16. The molecule has 0 saturated heterocycles. The number of rotatable bonds is 5. The summed E-state index contributed by atoms with van der Waals surface area (Å²) in [7, 11) is 3.12. The van der Waals surface area contributed by atoms with Gasteiger partial charge in [-0.15, -0.1) is 0 Å². The number of carbonyl (C=O) groups is 1. The van der Waals surface area contributed by atoms with Crippen molar-refractivity contribution in [3.63, 3.8) is 0 Å². The molecule has 7 heteroatoms. The number of aromatic amines is 1. The monoisotopic (exact) mass is 344 g/mol. The van der Waals surface area contributed by atoms with Crippen LogP contribution in [-0.4, -0.2) is 25.1 Å². The molecule has 0 aliphatic rings. The highest BCUT2D eigenvalue weighted by Gasteiger charge is 2.09. The standard InChI is InChI=1S/C17H16N2O4S/c1-22-13-6-3-10(7-14(13)23-2)8-16(20)18-11-4-5-12-15(9-11)24-17(21)19-12/h3-7,9H,8H2,1-2H3,(H,18,20)(H,19,21). The highest BCUT2D eigenvalue weighted by atomic mass is 32.1. The number of methoxy groups -OCH3 is 2. The van der Waals surface area contributed by atoms with Crippen molar-refractivity contribution in [1.82, 2.24) is 4.98 Å². The van der Waals surface area contributed by atoms with E-state index in [4.69, 9.17) is 9.47 Å². The number of anilines is 1. The molecule has 0 radical (unpaired) electrons. The molecule has 1 heterocycles. The van der Waals surface area contributed by atoms with Gasteiger partial charge < -0.3 is 19.8 Å². The lowest BCUT2D eigenvalue weighted by molar-refractivity contribution is -0.115. The first-order valence-electron chi connectivity index (χ1n) is 7.22. The van der Waals surface area contributed by atoms with Crippen molar-refractivity contribution >= 4 is 33.1 Å². The van der Waals surface area contributed by atoms with Gasteiger partial charge in [-0.25, -0.2) is 0 Å². The molecule has 3 rings (SSSR count). The van der Waals surface area contributed by atoms with Crippen LogP contribution in [0.15, 0.2) is 41.2 Å². The molecular formula is C17H16N2O4S. The second-order valence-corrected chi connectivity index (χ2v) is 6.15. The zero-order valence-electron chi connectivity index (χ0n) is 13.2. The number of benzene rings is 2. The van der Waals surface area contributed by atoms with Crippen LogP contribution >= 0.6 is 11.3 Å². The van der Waals surface area contributed by atoms with Crippen LogP contribution in [0, 0.1) is 0 Å². The van der Waals surface area contributed by atoms with Gasteiger partial charge in [0.1, 0.15) is 0 Å². The van der Waals surface area contributed by atoms with E-state index in [1.54, 1.807) is 44.6 Å². The molecule has 24 heavy (non-hydrogen) atoms. The van der Waals surface area contributed by atoms with Gasteiger partial charge in [0.05, 0.1) is 30.9 Å². The van der Waals surface area contributed by atoms with Crippen molar-refractivity contribution in [3.05, 3.63) is 51.6 Å². The van der Waals surface area contributed by atoms with Crippen molar-refractivity contribution in [2.24, 2.45) is 0 Å². The van der Waals surface area contributed by atoms with E-state index in [2.05, 4.69) is 10.3 Å². The molecule has 2 N–H and O–H groups in total. The van der Waals surface area contributed by atoms with Crippen molar-refractivity contribution in [3.8, 4) is 11.5 Å². The van der Waals surface area contributed by atoms with Gasteiger partial charge in [0.2, 0.25) is 5.91 Å². The van der Waals surface area contributed by atoms with Crippen LogP contribution in [0.4, 0.5) is 5.69 Å². The number of fused-ring (bicyclic) bond motifs is 1. The first kappa shape index (κ1) is 16.1. The Bertz CT molecular complexity index is 945. The molecule has 6 nitrogen and oxygen atoms in total. The maximum absolute atomic E-state index is 12.2. The van der Waals surface area contributed by atoms with E-state index in [1.165, 1.54) is 0 Å².